The predicted molar refractivity (Wildman–Crippen MR) is 164 cm³/mol. The molecule has 2 unspecified atom stereocenters. The van der Waals surface area contributed by atoms with Gasteiger partial charge in [0.25, 0.3) is 6.29 Å². The van der Waals surface area contributed by atoms with Crippen molar-refractivity contribution in [3.05, 3.63) is 100 Å². The van der Waals surface area contributed by atoms with Gasteiger partial charge in [-0.1, -0.05) is 78.4 Å². The number of aryl methyl sites for hydroxylation is 1. The number of phenols is 1. The van der Waals surface area contributed by atoms with Crippen LogP contribution in [-0.2, 0) is 20.7 Å². The molecule has 4 atom stereocenters. The number of hydrogen-bond donors (Lipinski definition) is 1. The van der Waals surface area contributed by atoms with Crippen LogP contribution in [-0.4, -0.2) is 30.1 Å². The maximum absolute atomic E-state index is 12.7. The highest BCUT2D eigenvalue weighted by molar-refractivity contribution is 9.11. The number of cyclic esters (lactones) is 1. The van der Waals surface area contributed by atoms with Crippen molar-refractivity contribution in [2.45, 2.75) is 70.7 Å². The standard InChI is InChI=1S/C34H39BrO5/c1-5-9-25(10-6-2)30-19-23(13-14-31(30)36)18-29-22(4)17-28(21-24(29)7-3)39-34-33(37)38-16-15-32(40-34)26-11-8-12-27(35)20-26/h5,7-8,12-14,17,19-21,25-26,32,34,36H,1,3,6,9-11,15-16,18H2,2,4H3/t25?,26?,32-,34-/m0/s1. The molecule has 1 fully saturated rings. The van der Waals surface area contributed by atoms with E-state index in [0.717, 1.165) is 58.0 Å². The van der Waals surface area contributed by atoms with Gasteiger partial charge < -0.3 is 19.3 Å². The number of esters is 1. The molecule has 0 bridgehead atoms. The first-order valence-electron chi connectivity index (χ1n) is 14.0. The number of benzene rings is 2. The van der Waals surface area contributed by atoms with E-state index in [4.69, 9.17) is 14.2 Å². The smallest absolute Gasteiger partial charge is 0.376 e. The third kappa shape index (κ3) is 7.35. The molecule has 40 heavy (non-hydrogen) atoms. The molecule has 2 aliphatic rings. The summed E-state index contributed by atoms with van der Waals surface area (Å²) in [7, 11) is 0. The second-order valence-electron chi connectivity index (χ2n) is 10.5. The van der Waals surface area contributed by atoms with Gasteiger partial charge in [-0.3, -0.25) is 0 Å². The van der Waals surface area contributed by atoms with E-state index in [1.54, 1.807) is 12.1 Å². The molecule has 0 radical (unpaired) electrons. The van der Waals surface area contributed by atoms with Crippen LogP contribution in [0.2, 0.25) is 0 Å². The summed E-state index contributed by atoms with van der Waals surface area (Å²) >= 11 is 3.54. The maximum Gasteiger partial charge on any atom is 0.376 e. The summed E-state index contributed by atoms with van der Waals surface area (Å²) in [6.07, 6.45) is 13.6. The normalized spacial score (nSPS) is 21.6. The molecule has 212 valence electrons. The average Bonchev–Trinajstić information content (AvgIpc) is 3.12. The van der Waals surface area contributed by atoms with Gasteiger partial charge in [-0.25, -0.2) is 4.79 Å². The summed E-state index contributed by atoms with van der Waals surface area (Å²) in [5.41, 5.74) is 5.12. The molecule has 0 amide bonds. The Hall–Kier alpha value is -3.09. The summed E-state index contributed by atoms with van der Waals surface area (Å²) in [6, 6.07) is 9.69. The van der Waals surface area contributed by atoms with Crippen LogP contribution in [0, 0.1) is 12.8 Å². The zero-order valence-electron chi connectivity index (χ0n) is 23.4. The Bertz CT molecular complexity index is 1290. The molecule has 6 heteroatoms. The van der Waals surface area contributed by atoms with Crippen LogP contribution < -0.4 is 4.74 Å². The monoisotopic (exact) mass is 606 g/mol. The number of carbonyl (C=O) groups excluding carboxylic acids is 1. The molecule has 0 aromatic heterocycles. The van der Waals surface area contributed by atoms with Crippen LogP contribution in [0.25, 0.3) is 6.08 Å². The van der Waals surface area contributed by atoms with E-state index in [2.05, 4.69) is 54.2 Å². The summed E-state index contributed by atoms with van der Waals surface area (Å²) < 4.78 is 18.7. The van der Waals surface area contributed by atoms with E-state index < -0.39 is 12.3 Å². The molecule has 1 heterocycles. The summed E-state index contributed by atoms with van der Waals surface area (Å²) in [5, 5.41) is 10.6. The lowest BCUT2D eigenvalue weighted by Crippen LogP contribution is -2.35. The highest BCUT2D eigenvalue weighted by Gasteiger charge is 2.34. The van der Waals surface area contributed by atoms with Crippen LogP contribution in [0.5, 0.6) is 11.5 Å². The Morgan fingerprint density at radius 3 is 2.80 bits per heavy atom. The van der Waals surface area contributed by atoms with Crippen LogP contribution in [0.4, 0.5) is 0 Å². The topological polar surface area (TPSA) is 65.0 Å². The molecule has 0 saturated carbocycles. The first-order chi connectivity index (χ1) is 19.3. The van der Waals surface area contributed by atoms with Gasteiger partial charge in [0.15, 0.2) is 0 Å². The van der Waals surface area contributed by atoms with E-state index in [0.29, 0.717) is 30.9 Å². The number of halogens is 1. The SMILES string of the molecule is C=CCC(CCC)c1cc(Cc2c(C)cc(O[C@H]3O[C@H](C4C=C(Br)C=CC4)CCOC3=O)cc2C=C)ccc1O. The number of phenolic OH excluding ortho intramolecular Hbond substituents is 1. The molecular weight excluding hydrogens is 568 g/mol. The third-order valence-corrected chi connectivity index (χ3v) is 8.15. The van der Waals surface area contributed by atoms with Crippen LogP contribution in [0.15, 0.2) is 72.3 Å². The molecule has 1 N–H and O–H groups in total. The average molecular weight is 608 g/mol. The van der Waals surface area contributed by atoms with Crippen molar-refractivity contribution >= 4 is 28.0 Å². The van der Waals surface area contributed by atoms with Gasteiger partial charge in [-0.15, -0.1) is 6.58 Å². The van der Waals surface area contributed by atoms with Crippen LogP contribution in [0.1, 0.15) is 72.8 Å². The van der Waals surface area contributed by atoms with Crippen LogP contribution in [0.3, 0.4) is 0 Å². The largest absolute Gasteiger partial charge is 0.508 e. The van der Waals surface area contributed by atoms with E-state index >= 15 is 0 Å². The fraction of sp³-hybridized carbons (Fsp3) is 0.382. The van der Waals surface area contributed by atoms with Gasteiger partial charge >= 0.3 is 5.97 Å². The molecule has 0 spiro atoms. The summed E-state index contributed by atoms with van der Waals surface area (Å²) in [6.45, 7) is 12.4. The Morgan fingerprint density at radius 2 is 2.08 bits per heavy atom. The van der Waals surface area contributed by atoms with E-state index in [9.17, 15) is 9.90 Å². The maximum atomic E-state index is 12.7. The van der Waals surface area contributed by atoms with E-state index in [1.807, 2.05) is 37.3 Å². The van der Waals surface area contributed by atoms with Crippen molar-refractivity contribution in [3.63, 3.8) is 0 Å². The third-order valence-electron chi connectivity index (χ3n) is 7.62. The summed E-state index contributed by atoms with van der Waals surface area (Å²) in [5.74, 6) is 0.708. The van der Waals surface area contributed by atoms with Gasteiger partial charge in [0.05, 0.1) is 12.7 Å². The van der Waals surface area contributed by atoms with Gasteiger partial charge in [-0.05, 0) is 84.5 Å². The molecule has 4 rings (SSSR count). The van der Waals surface area contributed by atoms with Crippen molar-refractivity contribution in [1.82, 2.24) is 0 Å². The minimum atomic E-state index is -1.14. The Morgan fingerprint density at radius 1 is 1.25 bits per heavy atom. The number of ether oxygens (including phenoxy) is 3. The second-order valence-corrected chi connectivity index (χ2v) is 11.4. The van der Waals surface area contributed by atoms with Gasteiger partial charge in [0, 0.05) is 16.8 Å². The zero-order chi connectivity index (χ0) is 28.6. The number of rotatable bonds is 11. The lowest BCUT2D eigenvalue weighted by atomic mass is 9.88. The highest BCUT2D eigenvalue weighted by atomic mass is 79.9. The summed E-state index contributed by atoms with van der Waals surface area (Å²) in [4.78, 5) is 12.7. The molecular formula is C34H39BrO5. The first-order valence-corrected chi connectivity index (χ1v) is 14.8. The lowest BCUT2D eigenvalue weighted by molar-refractivity contribution is -0.178. The Balaban J connectivity index is 1.55. The fourth-order valence-electron chi connectivity index (χ4n) is 5.56. The van der Waals surface area contributed by atoms with E-state index in [1.165, 1.54) is 0 Å². The molecule has 2 aromatic rings. The Labute approximate surface area is 246 Å². The molecule has 1 aliphatic heterocycles. The van der Waals surface area contributed by atoms with Crippen LogP contribution >= 0.6 is 15.9 Å². The van der Waals surface area contributed by atoms with Gasteiger partial charge in [0.2, 0.25) is 0 Å². The number of carbonyl (C=O) groups is 1. The Kier molecular flexibility index (Phi) is 10.5. The number of hydrogen-bond acceptors (Lipinski definition) is 5. The second kappa shape index (κ2) is 14.0. The first kappa shape index (κ1) is 29.9. The van der Waals surface area contributed by atoms with Crippen molar-refractivity contribution < 1.29 is 24.1 Å². The van der Waals surface area contributed by atoms with Crippen molar-refractivity contribution in [2.24, 2.45) is 5.92 Å². The predicted octanol–water partition coefficient (Wildman–Crippen LogP) is 8.29. The zero-order valence-corrected chi connectivity index (χ0v) is 25.0. The molecule has 1 saturated heterocycles. The number of aromatic hydroxyl groups is 1. The highest BCUT2D eigenvalue weighted by Crippen LogP contribution is 2.35. The quantitative estimate of drug-likeness (QED) is 0.206. The molecule has 1 aliphatic carbocycles. The fourth-order valence-corrected chi connectivity index (χ4v) is 6.09. The van der Waals surface area contributed by atoms with Gasteiger partial charge in [-0.2, -0.15) is 0 Å². The van der Waals surface area contributed by atoms with Crippen molar-refractivity contribution in [3.8, 4) is 11.5 Å². The molecule has 5 nitrogen and oxygen atoms in total. The van der Waals surface area contributed by atoms with Crippen molar-refractivity contribution in [2.75, 3.05) is 6.61 Å². The van der Waals surface area contributed by atoms with Gasteiger partial charge in [0.1, 0.15) is 11.5 Å². The lowest BCUT2D eigenvalue weighted by Gasteiger charge is -2.26. The minimum Gasteiger partial charge on any atom is -0.508 e. The molecule has 2 aromatic carbocycles. The van der Waals surface area contributed by atoms with E-state index in [-0.39, 0.29) is 17.9 Å². The minimum absolute atomic E-state index is 0.131. The number of allylic oxidation sites excluding steroid dienone is 4. The van der Waals surface area contributed by atoms with Crippen molar-refractivity contribution in [1.29, 1.82) is 0 Å².